The number of amides is 1. The van der Waals surface area contributed by atoms with Crippen LogP contribution in [0.25, 0.3) is 11.4 Å². The number of halogens is 1. The molecule has 2 heterocycles. The molecule has 2 aromatic rings. The summed E-state index contributed by atoms with van der Waals surface area (Å²) in [6, 6.07) is 11.0. The first kappa shape index (κ1) is 13.8. The molecule has 1 saturated heterocycles. The highest BCUT2D eigenvalue weighted by atomic mass is 35.5. The minimum Gasteiger partial charge on any atom is -0.368 e. The van der Waals surface area contributed by atoms with Crippen molar-refractivity contribution in [2.75, 3.05) is 11.4 Å². The van der Waals surface area contributed by atoms with Gasteiger partial charge in [-0.3, -0.25) is 4.79 Å². The van der Waals surface area contributed by atoms with Gasteiger partial charge < -0.3 is 10.6 Å². The molecule has 1 unspecified atom stereocenters. The Labute approximate surface area is 127 Å². The van der Waals surface area contributed by atoms with Crippen LogP contribution in [0.1, 0.15) is 12.8 Å². The summed E-state index contributed by atoms with van der Waals surface area (Å²) in [5.74, 6) is 0.867. The number of hydrogen-bond donors (Lipinski definition) is 1. The minimum absolute atomic E-state index is 0.320. The number of primary amides is 1. The van der Waals surface area contributed by atoms with E-state index in [0.717, 1.165) is 24.9 Å². The molecule has 0 radical (unpaired) electrons. The maximum absolute atomic E-state index is 11.5. The fourth-order valence-electron chi connectivity index (χ4n) is 2.61. The molecule has 108 valence electrons. The number of aromatic nitrogens is 2. The molecule has 3 rings (SSSR count). The SMILES string of the molecule is NC(=O)C1CCCN1c1cc(Cl)nc(-c2ccccc2)n1. The smallest absolute Gasteiger partial charge is 0.240 e. The molecule has 1 aromatic heterocycles. The van der Waals surface area contributed by atoms with E-state index in [2.05, 4.69) is 9.97 Å². The number of hydrogen-bond acceptors (Lipinski definition) is 4. The number of rotatable bonds is 3. The van der Waals surface area contributed by atoms with Crippen LogP contribution in [0.15, 0.2) is 36.4 Å². The van der Waals surface area contributed by atoms with E-state index in [9.17, 15) is 4.79 Å². The minimum atomic E-state index is -0.330. The summed E-state index contributed by atoms with van der Waals surface area (Å²) in [5, 5.41) is 0.356. The predicted molar refractivity (Wildman–Crippen MR) is 82.0 cm³/mol. The maximum Gasteiger partial charge on any atom is 0.240 e. The number of carbonyl (C=O) groups is 1. The highest BCUT2D eigenvalue weighted by Gasteiger charge is 2.30. The lowest BCUT2D eigenvalue weighted by Gasteiger charge is -2.23. The Morgan fingerprint density at radius 3 is 2.76 bits per heavy atom. The summed E-state index contributed by atoms with van der Waals surface area (Å²) >= 11 is 6.11. The molecular formula is C15H15ClN4O. The molecule has 21 heavy (non-hydrogen) atoms. The normalized spacial score (nSPS) is 18.0. The first-order valence-electron chi connectivity index (χ1n) is 6.81. The highest BCUT2D eigenvalue weighted by Crippen LogP contribution is 2.27. The van der Waals surface area contributed by atoms with Gasteiger partial charge in [0.05, 0.1) is 0 Å². The number of benzene rings is 1. The molecule has 1 aliphatic rings. The van der Waals surface area contributed by atoms with Gasteiger partial charge in [0.15, 0.2) is 5.82 Å². The second kappa shape index (κ2) is 5.69. The van der Waals surface area contributed by atoms with Crippen LogP contribution in [-0.4, -0.2) is 28.5 Å². The third-order valence-corrected chi connectivity index (χ3v) is 3.78. The molecule has 2 N–H and O–H groups in total. The van der Waals surface area contributed by atoms with Gasteiger partial charge in [-0.15, -0.1) is 0 Å². The third kappa shape index (κ3) is 2.83. The van der Waals surface area contributed by atoms with Crippen molar-refractivity contribution in [3.63, 3.8) is 0 Å². The maximum atomic E-state index is 11.5. The van der Waals surface area contributed by atoms with Crippen LogP contribution in [0.3, 0.4) is 0 Å². The van der Waals surface area contributed by atoms with E-state index < -0.39 is 0 Å². The number of anilines is 1. The number of nitrogens with two attached hydrogens (primary N) is 1. The van der Waals surface area contributed by atoms with E-state index in [4.69, 9.17) is 17.3 Å². The van der Waals surface area contributed by atoms with Crippen molar-refractivity contribution in [2.24, 2.45) is 5.73 Å². The van der Waals surface area contributed by atoms with Crippen molar-refractivity contribution in [3.05, 3.63) is 41.6 Å². The standard InChI is InChI=1S/C15H15ClN4O/c16-12-9-13(20-8-4-7-11(20)14(17)21)19-15(18-12)10-5-2-1-3-6-10/h1-3,5-6,9,11H,4,7-8H2,(H2,17,21). The van der Waals surface area contributed by atoms with Gasteiger partial charge in [0.1, 0.15) is 17.0 Å². The van der Waals surface area contributed by atoms with Crippen molar-refractivity contribution in [1.29, 1.82) is 0 Å². The van der Waals surface area contributed by atoms with Crippen LogP contribution in [0.5, 0.6) is 0 Å². The molecule has 0 saturated carbocycles. The second-order valence-electron chi connectivity index (χ2n) is 4.99. The molecule has 1 fully saturated rings. The summed E-state index contributed by atoms with van der Waals surface area (Å²) in [7, 11) is 0. The molecule has 1 amide bonds. The zero-order valence-corrected chi connectivity index (χ0v) is 12.1. The average Bonchev–Trinajstić information content (AvgIpc) is 2.97. The van der Waals surface area contributed by atoms with Crippen LogP contribution in [0.2, 0.25) is 5.15 Å². The fourth-order valence-corrected chi connectivity index (χ4v) is 2.78. The van der Waals surface area contributed by atoms with Crippen LogP contribution < -0.4 is 10.6 Å². The van der Waals surface area contributed by atoms with E-state index in [1.807, 2.05) is 35.2 Å². The topological polar surface area (TPSA) is 72.1 Å². The van der Waals surface area contributed by atoms with E-state index >= 15 is 0 Å². The van der Waals surface area contributed by atoms with Gasteiger partial charge in [-0.25, -0.2) is 9.97 Å². The van der Waals surface area contributed by atoms with Crippen LogP contribution >= 0.6 is 11.6 Å². The van der Waals surface area contributed by atoms with Gasteiger partial charge in [-0.2, -0.15) is 0 Å². The van der Waals surface area contributed by atoms with Crippen molar-refractivity contribution in [1.82, 2.24) is 9.97 Å². The van der Waals surface area contributed by atoms with E-state index in [-0.39, 0.29) is 11.9 Å². The Bertz CT molecular complexity index is 662. The Morgan fingerprint density at radius 2 is 2.05 bits per heavy atom. The van der Waals surface area contributed by atoms with Crippen molar-refractivity contribution >= 4 is 23.3 Å². The van der Waals surface area contributed by atoms with E-state index in [1.54, 1.807) is 6.07 Å². The molecule has 0 bridgehead atoms. The van der Waals surface area contributed by atoms with Crippen LogP contribution in [-0.2, 0) is 4.79 Å². The summed E-state index contributed by atoms with van der Waals surface area (Å²) in [6.07, 6.45) is 1.66. The summed E-state index contributed by atoms with van der Waals surface area (Å²) in [4.78, 5) is 22.2. The molecule has 1 aromatic carbocycles. The third-order valence-electron chi connectivity index (χ3n) is 3.59. The fraction of sp³-hybridized carbons (Fsp3) is 0.267. The lowest BCUT2D eigenvalue weighted by atomic mass is 10.2. The monoisotopic (exact) mass is 302 g/mol. The second-order valence-corrected chi connectivity index (χ2v) is 5.38. The van der Waals surface area contributed by atoms with Gasteiger partial charge in [0, 0.05) is 18.2 Å². The van der Waals surface area contributed by atoms with Gasteiger partial charge in [0.2, 0.25) is 5.91 Å². The predicted octanol–water partition coefficient (Wildman–Crippen LogP) is 2.25. The zero-order chi connectivity index (χ0) is 14.8. The summed E-state index contributed by atoms with van der Waals surface area (Å²) in [5.41, 5.74) is 6.34. The lowest BCUT2D eigenvalue weighted by molar-refractivity contribution is -0.119. The van der Waals surface area contributed by atoms with Gasteiger partial charge in [0.25, 0.3) is 0 Å². The average molecular weight is 303 g/mol. The molecule has 5 nitrogen and oxygen atoms in total. The van der Waals surface area contributed by atoms with Gasteiger partial charge in [-0.1, -0.05) is 41.9 Å². The lowest BCUT2D eigenvalue weighted by Crippen LogP contribution is -2.40. The quantitative estimate of drug-likeness (QED) is 0.883. The van der Waals surface area contributed by atoms with Crippen LogP contribution in [0, 0.1) is 0 Å². The molecular weight excluding hydrogens is 288 g/mol. The van der Waals surface area contributed by atoms with Crippen molar-refractivity contribution < 1.29 is 4.79 Å². The molecule has 0 aliphatic carbocycles. The first-order chi connectivity index (χ1) is 10.1. The zero-order valence-electron chi connectivity index (χ0n) is 11.4. The Hall–Kier alpha value is -2.14. The largest absolute Gasteiger partial charge is 0.368 e. The van der Waals surface area contributed by atoms with Crippen molar-refractivity contribution in [3.8, 4) is 11.4 Å². The summed E-state index contributed by atoms with van der Waals surface area (Å²) in [6.45, 7) is 0.745. The van der Waals surface area contributed by atoms with Gasteiger partial charge in [-0.05, 0) is 12.8 Å². The number of nitrogens with zero attached hydrogens (tertiary/aromatic N) is 3. The Kier molecular flexibility index (Phi) is 3.75. The first-order valence-corrected chi connectivity index (χ1v) is 7.19. The molecule has 6 heteroatoms. The Balaban J connectivity index is 2.00. The molecule has 0 spiro atoms. The van der Waals surface area contributed by atoms with E-state index in [0.29, 0.717) is 16.8 Å². The molecule has 1 aliphatic heterocycles. The summed E-state index contributed by atoms with van der Waals surface area (Å²) < 4.78 is 0. The van der Waals surface area contributed by atoms with Crippen molar-refractivity contribution in [2.45, 2.75) is 18.9 Å². The van der Waals surface area contributed by atoms with Crippen LogP contribution in [0.4, 0.5) is 5.82 Å². The molecule has 1 atom stereocenters. The number of carbonyl (C=O) groups excluding carboxylic acids is 1. The Morgan fingerprint density at radius 1 is 1.29 bits per heavy atom. The van der Waals surface area contributed by atoms with Gasteiger partial charge >= 0.3 is 0 Å². The van der Waals surface area contributed by atoms with E-state index in [1.165, 1.54) is 0 Å². The highest BCUT2D eigenvalue weighted by molar-refractivity contribution is 6.29.